The van der Waals surface area contributed by atoms with E-state index >= 15 is 0 Å². The standard InChI is InChI=1S/C36H37N3O6/c1-43-31-16-17-32-34(19-31)38-20-33(36(37)42)35(32)45-30-14-12-25(13-15-30)18-27(23-40)39(21-26-8-4-2-5-9-26)22-28(41)24-44-29-10-6-3-7-11-29/h2-17,19-20,27-28,40-41H,18,21-24H2,1H3,(H2,37,42)/t27-,28-/m0/s1. The molecule has 0 aliphatic rings. The van der Waals surface area contributed by atoms with Crippen LogP contribution in [0.15, 0.2) is 109 Å². The van der Waals surface area contributed by atoms with Crippen molar-refractivity contribution >= 4 is 16.8 Å². The number of aliphatic hydroxyl groups is 2. The predicted molar refractivity (Wildman–Crippen MR) is 173 cm³/mol. The van der Waals surface area contributed by atoms with E-state index in [9.17, 15) is 15.0 Å². The van der Waals surface area contributed by atoms with Gasteiger partial charge in [0.1, 0.15) is 35.5 Å². The van der Waals surface area contributed by atoms with Crippen LogP contribution in [0.5, 0.6) is 23.0 Å². The van der Waals surface area contributed by atoms with E-state index in [4.69, 9.17) is 19.9 Å². The number of nitrogens with zero attached hydrogens (tertiary/aromatic N) is 2. The predicted octanol–water partition coefficient (Wildman–Crippen LogP) is 4.98. The molecule has 1 heterocycles. The van der Waals surface area contributed by atoms with E-state index in [1.807, 2.05) is 84.9 Å². The molecule has 0 spiro atoms. The van der Waals surface area contributed by atoms with Crippen molar-refractivity contribution in [2.45, 2.75) is 25.1 Å². The number of aliphatic hydroxyl groups excluding tert-OH is 2. The fourth-order valence-corrected chi connectivity index (χ4v) is 5.15. The van der Waals surface area contributed by atoms with Crippen LogP contribution < -0.4 is 19.9 Å². The number of rotatable bonds is 15. The number of benzene rings is 4. The second-order valence-corrected chi connectivity index (χ2v) is 10.7. The van der Waals surface area contributed by atoms with Gasteiger partial charge in [-0.1, -0.05) is 60.7 Å². The second-order valence-electron chi connectivity index (χ2n) is 10.7. The number of hydrogen-bond donors (Lipinski definition) is 3. The van der Waals surface area contributed by atoms with Crippen LogP contribution >= 0.6 is 0 Å². The van der Waals surface area contributed by atoms with Crippen molar-refractivity contribution in [2.75, 3.05) is 26.9 Å². The van der Waals surface area contributed by atoms with Gasteiger partial charge in [-0.3, -0.25) is 14.7 Å². The number of carbonyl (C=O) groups excluding carboxylic acids is 1. The first-order valence-corrected chi connectivity index (χ1v) is 14.7. The number of ether oxygens (including phenoxy) is 3. The maximum Gasteiger partial charge on any atom is 0.254 e. The molecule has 0 aliphatic carbocycles. The number of hydrogen-bond acceptors (Lipinski definition) is 8. The molecule has 1 aromatic heterocycles. The molecular formula is C36H37N3O6. The molecule has 0 unspecified atom stereocenters. The number of primary amides is 1. The molecule has 232 valence electrons. The Labute approximate surface area is 262 Å². The number of fused-ring (bicyclic) bond motifs is 1. The average molecular weight is 608 g/mol. The Morgan fingerprint density at radius 1 is 0.889 bits per heavy atom. The first-order chi connectivity index (χ1) is 21.9. The van der Waals surface area contributed by atoms with Gasteiger partial charge in [-0.05, 0) is 53.9 Å². The number of aromatic nitrogens is 1. The lowest BCUT2D eigenvalue weighted by Gasteiger charge is -2.32. The Bertz CT molecular complexity index is 1680. The third-order valence-electron chi connectivity index (χ3n) is 7.49. The van der Waals surface area contributed by atoms with Gasteiger partial charge in [-0.25, -0.2) is 0 Å². The third-order valence-corrected chi connectivity index (χ3v) is 7.49. The van der Waals surface area contributed by atoms with Gasteiger partial charge in [-0.15, -0.1) is 0 Å². The van der Waals surface area contributed by atoms with Crippen molar-refractivity contribution in [3.63, 3.8) is 0 Å². The average Bonchev–Trinajstić information content (AvgIpc) is 3.07. The Morgan fingerprint density at radius 2 is 1.58 bits per heavy atom. The summed E-state index contributed by atoms with van der Waals surface area (Å²) in [5, 5.41) is 22.0. The van der Waals surface area contributed by atoms with E-state index in [0.29, 0.717) is 53.4 Å². The lowest BCUT2D eigenvalue weighted by Crippen LogP contribution is -2.44. The molecule has 5 rings (SSSR count). The zero-order valence-electron chi connectivity index (χ0n) is 25.1. The summed E-state index contributed by atoms with van der Waals surface area (Å²) in [7, 11) is 1.57. The first-order valence-electron chi connectivity index (χ1n) is 14.7. The van der Waals surface area contributed by atoms with Crippen molar-refractivity contribution in [1.82, 2.24) is 9.88 Å². The maximum atomic E-state index is 12.2. The van der Waals surface area contributed by atoms with Crippen molar-refractivity contribution in [2.24, 2.45) is 5.73 Å². The van der Waals surface area contributed by atoms with E-state index < -0.39 is 12.0 Å². The van der Waals surface area contributed by atoms with Gasteiger partial charge in [0.05, 0.1) is 19.2 Å². The summed E-state index contributed by atoms with van der Waals surface area (Å²) >= 11 is 0. The normalized spacial score (nSPS) is 12.5. The molecule has 5 aromatic rings. The minimum atomic E-state index is -0.770. The summed E-state index contributed by atoms with van der Waals surface area (Å²) in [5.74, 6) is 1.51. The number of methoxy groups -OCH3 is 1. The Morgan fingerprint density at radius 3 is 2.24 bits per heavy atom. The molecule has 0 bridgehead atoms. The minimum Gasteiger partial charge on any atom is -0.497 e. The van der Waals surface area contributed by atoms with Gasteiger partial charge in [0.25, 0.3) is 5.91 Å². The van der Waals surface area contributed by atoms with Gasteiger partial charge < -0.3 is 30.2 Å². The quantitative estimate of drug-likeness (QED) is 0.152. The fourth-order valence-electron chi connectivity index (χ4n) is 5.15. The van der Waals surface area contributed by atoms with Crippen LogP contribution in [0.4, 0.5) is 0 Å². The number of carbonyl (C=O) groups is 1. The van der Waals surface area contributed by atoms with Crippen LogP contribution in [0.1, 0.15) is 21.5 Å². The van der Waals surface area contributed by atoms with E-state index in [1.54, 1.807) is 25.3 Å². The van der Waals surface area contributed by atoms with Crippen LogP contribution in [0.3, 0.4) is 0 Å². The summed E-state index contributed by atoms with van der Waals surface area (Å²) in [6.07, 6.45) is 1.16. The van der Waals surface area contributed by atoms with E-state index in [2.05, 4.69) is 9.88 Å². The van der Waals surface area contributed by atoms with Crippen LogP contribution in [0.2, 0.25) is 0 Å². The molecule has 0 fully saturated rings. The SMILES string of the molecule is COc1ccc2c(Oc3ccc(C[C@@H](CO)N(Cc4ccccc4)C[C@H](O)COc4ccccc4)cc3)c(C(N)=O)cnc2c1. The highest BCUT2D eigenvalue weighted by atomic mass is 16.5. The maximum absolute atomic E-state index is 12.2. The van der Waals surface area contributed by atoms with E-state index in [0.717, 1.165) is 11.1 Å². The number of para-hydroxylation sites is 1. The summed E-state index contributed by atoms with van der Waals surface area (Å²) in [4.78, 5) is 18.6. The molecule has 9 nitrogen and oxygen atoms in total. The summed E-state index contributed by atoms with van der Waals surface area (Å²) < 4.78 is 17.3. The molecule has 0 saturated heterocycles. The Kier molecular flexibility index (Phi) is 10.6. The number of pyridine rings is 1. The monoisotopic (exact) mass is 607 g/mol. The van der Waals surface area contributed by atoms with Gasteiger partial charge in [0.15, 0.2) is 5.75 Å². The van der Waals surface area contributed by atoms with Crippen LogP contribution in [0.25, 0.3) is 10.9 Å². The topological polar surface area (TPSA) is 127 Å². The minimum absolute atomic E-state index is 0.105. The van der Waals surface area contributed by atoms with Crippen LogP contribution in [0, 0.1) is 0 Å². The highest BCUT2D eigenvalue weighted by Gasteiger charge is 2.23. The molecular weight excluding hydrogens is 570 g/mol. The molecule has 45 heavy (non-hydrogen) atoms. The number of nitrogens with two attached hydrogens (primary N) is 1. The smallest absolute Gasteiger partial charge is 0.254 e. The molecule has 0 aliphatic heterocycles. The van der Waals surface area contributed by atoms with Gasteiger partial charge >= 0.3 is 0 Å². The molecule has 4 aromatic carbocycles. The zero-order valence-corrected chi connectivity index (χ0v) is 25.1. The Hall–Kier alpha value is -4.96. The molecule has 0 saturated carbocycles. The molecule has 4 N–H and O–H groups in total. The van der Waals surface area contributed by atoms with Crippen LogP contribution in [-0.2, 0) is 13.0 Å². The van der Waals surface area contributed by atoms with E-state index in [1.165, 1.54) is 6.20 Å². The molecule has 9 heteroatoms. The molecule has 0 radical (unpaired) electrons. The molecule has 1 amide bonds. The second kappa shape index (κ2) is 15.2. The zero-order chi connectivity index (χ0) is 31.6. The Balaban J connectivity index is 1.31. The summed E-state index contributed by atoms with van der Waals surface area (Å²) in [6, 6.07) is 31.8. The lowest BCUT2D eigenvalue weighted by molar-refractivity contribution is 0.0335. The fraction of sp³-hybridized carbons (Fsp3) is 0.222. The third kappa shape index (κ3) is 8.36. The van der Waals surface area contributed by atoms with Gasteiger partial charge in [-0.2, -0.15) is 0 Å². The van der Waals surface area contributed by atoms with E-state index in [-0.39, 0.29) is 24.8 Å². The number of amides is 1. The highest BCUT2D eigenvalue weighted by Crippen LogP contribution is 2.34. The van der Waals surface area contributed by atoms with Crippen molar-refractivity contribution in [3.05, 3.63) is 126 Å². The summed E-state index contributed by atoms with van der Waals surface area (Å²) in [6.45, 7) is 0.879. The highest BCUT2D eigenvalue weighted by molar-refractivity contribution is 6.02. The summed E-state index contributed by atoms with van der Waals surface area (Å²) in [5.41, 5.74) is 8.45. The van der Waals surface area contributed by atoms with Crippen molar-refractivity contribution in [3.8, 4) is 23.0 Å². The first kappa shape index (κ1) is 31.5. The van der Waals surface area contributed by atoms with Crippen molar-refractivity contribution < 1.29 is 29.2 Å². The van der Waals surface area contributed by atoms with Gasteiger partial charge in [0.2, 0.25) is 0 Å². The largest absolute Gasteiger partial charge is 0.497 e. The van der Waals surface area contributed by atoms with Crippen LogP contribution in [-0.4, -0.2) is 65.0 Å². The molecule has 2 atom stereocenters. The van der Waals surface area contributed by atoms with Crippen molar-refractivity contribution in [1.29, 1.82) is 0 Å². The van der Waals surface area contributed by atoms with Gasteiger partial charge in [0, 0.05) is 36.8 Å². The lowest BCUT2D eigenvalue weighted by atomic mass is 10.0.